The van der Waals surface area contributed by atoms with Crippen LogP contribution in [0.4, 0.5) is 17.3 Å². The highest BCUT2D eigenvalue weighted by Crippen LogP contribution is 2.52. The van der Waals surface area contributed by atoms with E-state index in [0.717, 1.165) is 18.1 Å². The average molecular weight is 280 g/mol. The summed E-state index contributed by atoms with van der Waals surface area (Å²) in [4.78, 5) is 13.8. The number of para-hydroxylation sites is 1. The zero-order valence-corrected chi connectivity index (χ0v) is 12.7. The van der Waals surface area contributed by atoms with Crippen LogP contribution in [0, 0.1) is 5.92 Å². The SMILES string of the molecule is CCC1C2N(C)c3nccnc3N2c2ccccc2[C@H]1C. The lowest BCUT2D eigenvalue weighted by molar-refractivity contribution is 0.339. The third kappa shape index (κ3) is 1.56. The lowest BCUT2D eigenvalue weighted by atomic mass is 9.79. The maximum Gasteiger partial charge on any atom is 0.178 e. The first-order valence-electron chi connectivity index (χ1n) is 7.66. The van der Waals surface area contributed by atoms with Crippen molar-refractivity contribution in [3.63, 3.8) is 0 Å². The summed E-state index contributed by atoms with van der Waals surface area (Å²) in [5.41, 5.74) is 2.71. The molecule has 0 saturated heterocycles. The van der Waals surface area contributed by atoms with E-state index < -0.39 is 0 Å². The van der Waals surface area contributed by atoms with Gasteiger partial charge in [-0.1, -0.05) is 32.0 Å². The highest BCUT2D eigenvalue weighted by molar-refractivity contribution is 5.80. The third-order valence-electron chi connectivity index (χ3n) is 5.07. The molecule has 0 fully saturated rings. The smallest absolute Gasteiger partial charge is 0.178 e. The van der Waals surface area contributed by atoms with Crippen LogP contribution in [0.15, 0.2) is 36.7 Å². The molecule has 0 saturated carbocycles. The molecule has 3 heterocycles. The van der Waals surface area contributed by atoms with Gasteiger partial charge in [0, 0.05) is 31.0 Å². The summed E-state index contributed by atoms with van der Waals surface area (Å²) in [5.74, 6) is 3.10. The first-order chi connectivity index (χ1) is 10.2. The van der Waals surface area contributed by atoms with Crippen LogP contribution in [0.1, 0.15) is 31.7 Å². The summed E-state index contributed by atoms with van der Waals surface area (Å²) in [6.45, 7) is 4.63. The van der Waals surface area contributed by atoms with Gasteiger partial charge in [-0.05, 0) is 24.0 Å². The second kappa shape index (κ2) is 4.45. The largest absolute Gasteiger partial charge is 0.335 e. The second-order valence-corrected chi connectivity index (χ2v) is 6.02. The number of aromatic nitrogens is 2. The molecule has 0 aliphatic carbocycles. The number of fused-ring (bicyclic) bond motifs is 5. The third-order valence-corrected chi connectivity index (χ3v) is 5.07. The summed E-state index contributed by atoms with van der Waals surface area (Å²) in [5, 5.41) is 0. The Hall–Kier alpha value is -2.10. The van der Waals surface area contributed by atoms with E-state index in [1.807, 2.05) is 0 Å². The summed E-state index contributed by atoms with van der Waals surface area (Å²) in [6, 6.07) is 8.72. The van der Waals surface area contributed by atoms with Gasteiger partial charge in [0.15, 0.2) is 11.6 Å². The van der Waals surface area contributed by atoms with E-state index in [4.69, 9.17) is 0 Å². The first kappa shape index (κ1) is 12.6. The molecule has 2 aromatic rings. The van der Waals surface area contributed by atoms with E-state index in [0.29, 0.717) is 18.0 Å². The van der Waals surface area contributed by atoms with Crippen LogP contribution in [0.5, 0.6) is 0 Å². The molecule has 0 amide bonds. The van der Waals surface area contributed by atoms with Gasteiger partial charge in [-0.15, -0.1) is 0 Å². The van der Waals surface area contributed by atoms with E-state index in [9.17, 15) is 0 Å². The van der Waals surface area contributed by atoms with E-state index >= 15 is 0 Å². The zero-order valence-electron chi connectivity index (χ0n) is 12.7. The number of hydrogen-bond acceptors (Lipinski definition) is 4. The zero-order chi connectivity index (χ0) is 14.6. The Morgan fingerprint density at radius 1 is 1.10 bits per heavy atom. The molecule has 1 aromatic heterocycles. The van der Waals surface area contributed by atoms with Gasteiger partial charge in [-0.2, -0.15) is 0 Å². The lowest BCUT2D eigenvalue weighted by Crippen LogP contribution is -2.49. The fourth-order valence-electron chi connectivity index (χ4n) is 4.05. The van der Waals surface area contributed by atoms with Gasteiger partial charge in [0.25, 0.3) is 0 Å². The monoisotopic (exact) mass is 280 g/mol. The topological polar surface area (TPSA) is 32.3 Å². The molecule has 0 N–H and O–H groups in total. The minimum absolute atomic E-state index is 0.317. The van der Waals surface area contributed by atoms with E-state index in [2.05, 4.69) is 64.9 Å². The molecule has 4 heteroatoms. The fourth-order valence-corrected chi connectivity index (χ4v) is 4.05. The molecule has 0 bridgehead atoms. The molecular formula is C17H20N4. The van der Waals surface area contributed by atoms with Crippen LogP contribution in [0.2, 0.25) is 0 Å². The molecule has 108 valence electrons. The van der Waals surface area contributed by atoms with Crippen molar-refractivity contribution in [1.82, 2.24) is 9.97 Å². The molecule has 21 heavy (non-hydrogen) atoms. The minimum Gasteiger partial charge on any atom is -0.335 e. The van der Waals surface area contributed by atoms with Gasteiger partial charge in [0.05, 0.1) is 0 Å². The Morgan fingerprint density at radius 3 is 2.57 bits per heavy atom. The fraction of sp³-hybridized carbons (Fsp3) is 0.412. The maximum absolute atomic E-state index is 4.61. The molecule has 4 rings (SSSR count). The minimum atomic E-state index is 0.317. The van der Waals surface area contributed by atoms with Crippen molar-refractivity contribution in [2.45, 2.75) is 32.4 Å². The standard InChI is InChI=1S/C17H20N4/c1-4-12-11(2)13-7-5-6-8-14(13)21-16-15(18-9-10-19-16)20(3)17(12)21/h5-12,17H,4H2,1-3H3/t11-,12?,17?/m0/s1. The number of anilines is 3. The summed E-state index contributed by atoms with van der Waals surface area (Å²) in [7, 11) is 2.14. The summed E-state index contributed by atoms with van der Waals surface area (Å²) in [6.07, 6.45) is 5.03. The quantitative estimate of drug-likeness (QED) is 0.800. The molecule has 2 aliphatic heterocycles. The Kier molecular flexibility index (Phi) is 2.67. The van der Waals surface area contributed by atoms with Crippen molar-refractivity contribution in [2.75, 3.05) is 16.8 Å². The summed E-state index contributed by atoms with van der Waals surface area (Å²) < 4.78 is 0. The van der Waals surface area contributed by atoms with Gasteiger partial charge in [0.2, 0.25) is 0 Å². The van der Waals surface area contributed by atoms with Gasteiger partial charge in [-0.3, -0.25) is 0 Å². The predicted octanol–water partition coefficient (Wildman–Crippen LogP) is 3.53. The van der Waals surface area contributed by atoms with Crippen molar-refractivity contribution in [3.8, 4) is 0 Å². The van der Waals surface area contributed by atoms with E-state index in [1.54, 1.807) is 12.4 Å². The summed E-state index contributed by atoms with van der Waals surface area (Å²) >= 11 is 0. The molecule has 2 aliphatic rings. The van der Waals surface area contributed by atoms with Gasteiger partial charge in [-0.25, -0.2) is 9.97 Å². The highest BCUT2D eigenvalue weighted by Gasteiger charge is 2.47. The van der Waals surface area contributed by atoms with E-state index in [1.165, 1.54) is 11.3 Å². The number of nitrogens with zero attached hydrogens (tertiary/aromatic N) is 4. The number of benzene rings is 1. The molecule has 4 nitrogen and oxygen atoms in total. The molecule has 0 radical (unpaired) electrons. The Labute approximate surface area is 125 Å². The van der Waals surface area contributed by atoms with Gasteiger partial charge < -0.3 is 9.80 Å². The Bertz CT molecular complexity index is 684. The van der Waals surface area contributed by atoms with Gasteiger partial charge in [0.1, 0.15) is 6.17 Å². The molecular weight excluding hydrogens is 260 g/mol. The lowest BCUT2D eigenvalue weighted by Gasteiger charge is -2.44. The maximum atomic E-state index is 4.61. The van der Waals surface area contributed by atoms with Gasteiger partial charge >= 0.3 is 0 Å². The van der Waals surface area contributed by atoms with Crippen molar-refractivity contribution in [2.24, 2.45) is 5.92 Å². The molecule has 0 spiro atoms. The van der Waals surface area contributed by atoms with Crippen LogP contribution in [0.3, 0.4) is 0 Å². The predicted molar refractivity (Wildman–Crippen MR) is 85.0 cm³/mol. The van der Waals surface area contributed by atoms with Crippen molar-refractivity contribution in [1.29, 1.82) is 0 Å². The normalized spacial score (nSPS) is 26.3. The molecule has 2 unspecified atom stereocenters. The van der Waals surface area contributed by atoms with Crippen molar-refractivity contribution in [3.05, 3.63) is 42.2 Å². The van der Waals surface area contributed by atoms with Crippen LogP contribution < -0.4 is 9.80 Å². The number of hydrogen-bond donors (Lipinski definition) is 0. The van der Waals surface area contributed by atoms with Crippen LogP contribution in [0.25, 0.3) is 0 Å². The molecule has 3 atom stereocenters. The van der Waals surface area contributed by atoms with Crippen LogP contribution >= 0.6 is 0 Å². The Morgan fingerprint density at radius 2 is 1.81 bits per heavy atom. The second-order valence-electron chi connectivity index (χ2n) is 6.02. The van der Waals surface area contributed by atoms with E-state index in [-0.39, 0.29) is 0 Å². The number of rotatable bonds is 1. The van der Waals surface area contributed by atoms with Crippen molar-refractivity contribution >= 4 is 17.3 Å². The van der Waals surface area contributed by atoms with Crippen LogP contribution in [-0.2, 0) is 0 Å². The van der Waals surface area contributed by atoms with Crippen LogP contribution in [-0.4, -0.2) is 23.2 Å². The highest BCUT2D eigenvalue weighted by atomic mass is 15.5. The first-order valence-corrected chi connectivity index (χ1v) is 7.66. The molecule has 1 aromatic carbocycles. The van der Waals surface area contributed by atoms with Crippen molar-refractivity contribution < 1.29 is 0 Å². The Balaban J connectivity index is 1.97. The average Bonchev–Trinajstić information content (AvgIpc) is 2.82.